The SMILES string of the molecule is COC(=O)N/N=C(/C)c1ccc(S(=O)(=O)Nc2ccc(OC)cc2)cc1. The van der Waals surface area contributed by atoms with Crippen molar-refractivity contribution >= 4 is 27.5 Å². The van der Waals surface area contributed by atoms with Crippen molar-refractivity contribution in [3.63, 3.8) is 0 Å². The van der Waals surface area contributed by atoms with Gasteiger partial charge in [0.25, 0.3) is 10.0 Å². The van der Waals surface area contributed by atoms with Gasteiger partial charge in [-0.1, -0.05) is 12.1 Å². The Morgan fingerprint density at radius 1 is 1.00 bits per heavy atom. The van der Waals surface area contributed by atoms with Crippen LogP contribution in [0.2, 0.25) is 0 Å². The van der Waals surface area contributed by atoms with E-state index in [0.29, 0.717) is 22.7 Å². The third kappa shape index (κ3) is 4.96. The fourth-order valence-electron chi connectivity index (χ4n) is 1.99. The first-order chi connectivity index (χ1) is 12.4. The molecule has 2 aromatic rings. The van der Waals surface area contributed by atoms with Gasteiger partial charge in [-0.25, -0.2) is 18.6 Å². The van der Waals surface area contributed by atoms with Gasteiger partial charge in [0.05, 0.1) is 24.8 Å². The van der Waals surface area contributed by atoms with Crippen LogP contribution in [-0.4, -0.2) is 34.4 Å². The zero-order valence-corrected chi connectivity index (χ0v) is 15.3. The summed E-state index contributed by atoms with van der Waals surface area (Å²) in [5.74, 6) is 0.632. The van der Waals surface area contributed by atoms with Crippen LogP contribution in [0.15, 0.2) is 58.5 Å². The molecule has 0 saturated carbocycles. The molecule has 0 saturated heterocycles. The number of nitrogens with one attached hydrogen (secondary N) is 2. The van der Waals surface area contributed by atoms with Gasteiger partial charge in [0.1, 0.15) is 5.75 Å². The first-order valence-corrected chi connectivity index (χ1v) is 8.99. The van der Waals surface area contributed by atoms with Gasteiger partial charge in [0.15, 0.2) is 0 Å². The summed E-state index contributed by atoms with van der Waals surface area (Å²) in [7, 11) is -0.959. The number of nitrogens with zero attached hydrogens (tertiary/aromatic N) is 1. The zero-order valence-electron chi connectivity index (χ0n) is 14.5. The third-order valence-corrected chi connectivity index (χ3v) is 4.82. The molecule has 0 unspecified atom stereocenters. The molecule has 138 valence electrons. The molecule has 9 heteroatoms. The molecular weight excluding hydrogens is 358 g/mol. The fraction of sp³-hybridized carbons (Fsp3) is 0.176. The van der Waals surface area contributed by atoms with Crippen molar-refractivity contribution in [2.75, 3.05) is 18.9 Å². The minimum absolute atomic E-state index is 0.103. The molecule has 26 heavy (non-hydrogen) atoms. The number of amides is 1. The Kier molecular flexibility index (Phi) is 6.18. The summed E-state index contributed by atoms with van der Waals surface area (Å²) < 4.78 is 36.8. The Morgan fingerprint density at radius 3 is 2.15 bits per heavy atom. The lowest BCUT2D eigenvalue weighted by atomic mass is 10.1. The lowest BCUT2D eigenvalue weighted by Crippen LogP contribution is -2.18. The number of anilines is 1. The van der Waals surface area contributed by atoms with Gasteiger partial charge >= 0.3 is 6.09 Å². The molecule has 8 nitrogen and oxygen atoms in total. The Bertz CT molecular complexity index is 891. The summed E-state index contributed by atoms with van der Waals surface area (Å²) in [6, 6.07) is 12.7. The standard InChI is InChI=1S/C17H19N3O5S/c1-12(18-19-17(21)25-3)13-4-10-16(11-5-13)26(22,23)20-14-6-8-15(24-2)9-7-14/h4-11,20H,1-3H3,(H,19,21)/b18-12-. The fourth-order valence-corrected chi connectivity index (χ4v) is 3.05. The zero-order chi connectivity index (χ0) is 19.2. The Hall–Kier alpha value is -3.07. The molecule has 2 aromatic carbocycles. The average Bonchev–Trinajstić information content (AvgIpc) is 2.66. The smallest absolute Gasteiger partial charge is 0.427 e. The van der Waals surface area contributed by atoms with Gasteiger partial charge in [-0.2, -0.15) is 5.10 Å². The predicted octanol–water partition coefficient (Wildman–Crippen LogP) is 2.58. The van der Waals surface area contributed by atoms with Crippen LogP contribution in [0, 0.1) is 0 Å². The summed E-state index contributed by atoms with van der Waals surface area (Å²) in [6.45, 7) is 1.68. The van der Waals surface area contributed by atoms with Crippen LogP contribution >= 0.6 is 0 Å². The van der Waals surface area contributed by atoms with E-state index in [1.165, 1.54) is 26.4 Å². The quantitative estimate of drug-likeness (QED) is 0.594. The van der Waals surface area contributed by atoms with Crippen LogP contribution in [0.5, 0.6) is 5.75 Å². The highest BCUT2D eigenvalue weighted by molar-refractivity contribution is 7.92. The highest BCUT2D eigenvalue weighted by Gasteiger charge is 2.14. The topological polar surface area (TPSA) is 106 Å². The van der Waals surface area contributed by atoms with E-state index in [0.717, 1.165) is 0 Å². The molecule has 0 radical (unpaired) electrons. The lowest BCUT2D eigenvalue weighted by molar-refractivity contribution is 0.171. The minimum Gasteiger partial charge on any atom is -0.497 e. The largest absolute Gasteiger partial charge is 0.497 e. The van der Waals surface area contributed by atoms with E-state index in [4.69, 9.17) is 4.74 Å². The number of hydrazone groups is 1. The maximum absolute atomic E-state index is 12.4. The van der Waals surface area contributed by atoms with E-state index in [1.807, 2.05) is 0 Å². The number of hydrogen-bond acceptors (Lipinski definition) is 6. The van der Waals surface area contributed by atoms with Gasteiger partial charge in [-0.3, -0.25) is 4.72 Å². The monoisotopic (exact) mass is 377 g/mol. The number of sulfonamides is 1. The normalized spacial score (nSPS) is 11.6. The molecule has 0 aromatic heterocycles. The summed E-state index contributed by atoms with van der Waals surface area (Å²) in [5, 5.41) is 3.86. The van der Waals surface area contributed by atoms with Crippen molar-refractivity contribution in [2.24, 2.45) is 5.10 Å². The predicted molar refractivity (Wildman–Crippen MR) is 98.0 cm³/mol. The minimum atomic E-state index is -3.73. The highest BCUT2D eigenvalue weighted by Crippen LogP contribution is 2.19. The summed E-state index contributed by atoms with van der Waals surface area (Å²) in [6.07, 6.45) is -0.688. The van der Waals surface area contributed by atoms with E-state index in [-0.39, 0.29) is 4.90 Å². The molecule has 2 rings (SSSR count). The first kappa shape index (κ1) is 19.3. The Balaban J connectivity index is 2.13. The molecule has 0 spiro atoms. The van der Waals surface area contributed by atoms with Crippen molar-refractivity contribution in [3.05, 3.63) is 54.1 Å². The number of rotatable bonds is 6. The molecule has 2 N–H and O–H groups in total. The van der Waals surface area contributed by atoms with Crippen molar-refractivity contribution in [1.29, 1.82) is 0 Å². The van der Waals surface area contributed by atoms with Gasteiger partial charge in [0, 0.05) is 5.69 Å². The molecule has 0 aliphatic rings. The molecule has 1 amide bonds. The maximum atomic E-state index is 12.4. The number of carbonyl (C=O) groups excluding carboxylic acids is 1. The van der Waals surface area contributed by atoms with Crippen LogP contribution in [0.25, 0.3) is 0 Å². The molecule has 0 aliphatic carbocycles. The van der Waals surface area contributed by atoms with E-state index < -0.39 is 16.1 Å². The van der Waals surface area contributed by atoms with Crippen LogP contribution in [-0.2, 0) is 14.8 Å². The van der Waals surface area contributed by atoms with Crippen molar-refractivity contribution < 1.29 is 22.7 Å². The maximum Gasteiger partial charge on any atom is 0.427 e. The number of ether oxygens (including phenoxy) is 2. The van der Waals surface area contributed by atoms with Crippen molar-refractivity contribution in [1.82, 2.24) is 5.43 Å². The Morgan fingerprint density at radius 2 is 1.62 bits per heavy atom. The van der Waals surface area contributed by atoms with Crippen LogP contribution in [0.1, 0.15) is 12.5 Å². The van der Waals surface area contributed by atoms with Gasteiger partial charge in [-0.05, 0) is 48.9 Å². The van der Waals surface area contributed by atoms with Gasteiger partial charge < -0.3 is 9.47 Å². The number of hydrogen-bond donors (Lipinski definition) is 2. The van der Waals surface area contributed by atoms with E-state index in [1.54, 1.807) is 43.3 Å². The third-order valence-electron chi connectivity index (χ3n) is 3.42. The van der Waals surface area contributed by atoms with Gasteiger partial charge in [0.2, 0.25) is 0 Å². The molecule has 0 aliphatic heterocycles. The van der Waals surface area contributed by atoms with E-state index in [2.05, 4.69) is 20.0 Å². The average molecular weight is 377 g/mol. The van der Waals surface area contributed by atoms with Crippen LogP contribution in [0.3, 0.4) is 0 Å². The van der Waals surface area contributed by atoms with Crippen LogP contribution < -0.4 is 14.9 Å². The lowest BCUT2D eigenvalue weighted by Gasteiger charge is -2.09. The second kappa shape index (κ2) is 8.34. The van der Waals surface area contributed by atoms with Crippen molar-refractivity contribution in [2.45, 2.75) is 11.8 Å². The van der Waals surface area contributed by atoms with Crippen molar-refractivity contribution in [3.8, 4) is 5.75 Å². The first-order valence-electron chi connectivity index (χ1n) is 7.51. The summed E-state index contributed by atoms with van der Waals surface area (Å²) in [4.78, 5) is 11.1. The Labute approximate surface area is 151 Å². The second-order valence-corrected chi connectivity index (χ2v) is 6.84. The van der Waals surface area contributed by atoms with E-state index >= 15 is 0 Å². The molecule has 0 fully saturated rings. The summed E-state index contributed by atoms with van der Waals surface area (Å²) in [5.41, 5.74) is 3.79. The molecule has 0 atom stereocenters. The molecule has 0 bridgehead atoms. The molecular formula is C17H19N3O5S. The highest BCUT2D eigenvalue weighted by atomic mass is 32.2. The number of benzene rings is 2. The van der Waals surface area contributed by atoms with Crippen LogP contribution in [0.4, 0.5) is 10.5 Å². The van der Waals surface area contributed by atoms with Gasteiger partial charge in [-0.15, -0.1) is 0 Å². The summed E-state index contributed by atoms with van der Waals surface area (Å²) >= 11 is 0. The number of carbonyl (C=O) groups is 1. The number of methoxy groups -OCH3 is 2. The molecule has 0 heterocycles. The second-order valence-electron chi connectivity index (χ2n) is 5.16. The van der Waals surface area contributed by atoms with E-state index in [9.17, 15) is 13.2 Å².